The number of nitrogens with zero attached hydrogens (tertiary/aromatic N) is 2. The van der Waals surface area contributed by atoms with E-state index in [4.69, 9.17) is 0 Å². The number of nitrogens with one attached hydrogen (secondary N) is 1. The first kappa shape index (κ1) is 10.5. The van der Waals surface area contributed by atoms with E-state index in [9.17, 15) is 0 Å². The fraction of sp³-hybridized carbons (Fsp3) is 0.750. The van der Waals surface area contributed by atoms with Crippen molar-refractivity contribution in [1.29, 1.82) is 0 Å². The molecule has 0 radical (unpaired) electrons. The number of piperidine rings is 1. The molecule has 0 aromatic carbocycles. The lowest BCUT2D eigenvalue weighted by Crippen LogP contribution is -2.39. The van der Waals surface area contributed by atoms with Gasteiger partial charge in [-0.1, -0.05) is 0 Å². The molecule has 2 fully saturated rings. The Balaban J connectivity index is 1.76. The van der Waals surface area contributed by atoms with Gasteiger partial charge in [0.2, 0.25) is 0 Å². The molecule has 2 atom stereocenters. The van der Waals surface area contributed by atoms with Gasteiger partial charge in [0, 0.05) is 18.0 Å². The van der Waals surface area contributed by atoms with Crippen molar-refractivity contribution in [3.8, 4) is 0 Å². The minimum atomic E-state index is 0.846. The molecular weight excluding hydrogens is 218 g/mol. The highest BCUT2D eigenvalue weighted by molar-refractivity contribution is 7.15. The van der Waals surface area contributed by atoms with Crippen LogP contribution in [0, 0.1) is 25.7 Å². The summed E-state index contributed by atoms with van der Waals surface area (Å²) in [4.78, 5) is 8.52. The number of anilines is 1. The molecule has 3 rings (SSSR count). The van der Waals surface area contributed by atoms with Crippen molar-refractivity contribution >= 4 is 16.5 Å². The van der Waals surface area contributed by atoms with Gasteiger partial charge in [0.05, 0.1) is 5.69 Å². The quantitative estimate of drug-likeness (QED) is 0.807. The average molecular weight is 237 g/mol. The van der Waals surface area contributed by atoms with E-state index in [-0.39, 0.29) is 0 Å². The van der Waals surface area contributed by atoms with Crippen LogP contribution >= 0.6 is 11.3 Å². The van der Waals surface area contributed by atoms with Gasteiger partial charge in [0.15, 0.2) is 5.13 Å². The molecule has 0 spiro atoms. The molecule has 0 saturated carbocycles. The Morgan fingerprint density at radius 1 is 1.31 bits per heavy atom. The zero-order chi connectivity index (χ0) is 11.1. The van der Waals surface area contributed by atoms with Crippen molar-refractivity contribution in [2.24, 2.45) is 11.8 Å². The molecule has 0 bridgehead atoms. The van der Waals surface area contributed by atoms with Crippen LogP contribution in [0.15, 0.2) is 0 Å². The van der Waals surface area contributed by atoms with E-state index in [0.717, 1.165) is 11.8 Å². The standard InChI is InChI=1S/C12H19N3S/c1-8-9(2)16-12(14-8)15-4-3-10-5-13-6-11(10)7-15/h10-11,13H,3-7H2,1-2H3. The maximum absolute atomic E-state index is 4.67. The molecule has 2 aliphatic rings. The second-order valence-electron chi connectivity index (χ2n) is 5.05. The van der Waals surface area contributed by atoms with Crippen LogP contribution in [0.2, 0.25) is 0 Å². The van der Waals surface area contributed by atoms with Crippen LogP contribution in [-0.4, -0.2) is 31.2 Å². The summed E-state index contributed by atoms with van der Waals surface area (Å²) in [5.74, 6) is 1.76. The monoisotopic (exact) mass is 237 g/mol. The Hall–Kier alpha value is -0.610. The normalized spacial score (nSPS) is 29.5. The maximum atomic E-state index is 4.67. The Kier molecular flexibility index (Phi) is 2.64. The van der Waals surface area contributed by atoms with Crippen molar-refractivity contribution in [2.75, 3.05) is 31.1 Å². The van der Waals surface area contributed by atoms with Gasteiger partial charge in [-0.15, -0.1) is 11.3 Å². The molecule has 3 nitrogen and oxygen atoms in total. The Morgan fingerprint density at radius 3 is 2.88 bits per heavy atom. The summed E-state index contributed by atoms with van der Waals surface area (Å²) < 4.78 is 0. The molecule has 2 aliphatic heterocycles. The second kappa shape index (κ2) is 4.00. The van der Waals surface area contributed by atoms with Crippen molar-refractivity contribution in [3.63, 3.8) is 0 Å². The number of aryl methyl sites for hydroxylation is 2. The highest BCUT2D eigenvalue weighted by Gasteiger charge is 2.33. The fourth-order valence-corrected chi connectivity index (χ4v) is 3.74. The van der Waals surface area contributed by atoms with E-state index in [2.05, 4.69) is 29.0 Å². The summed E-state index contributed by atoms with van der Waals surface area (Å²) in [6.07, 6.45) is 1.33. The largest absolute Gasteiger partial charge is 0.348 e. The summed E-state index contributed by atoms with van der Waals surface area (Å²) >= 11 is 1.85. The minimum absolute atomic E-state index is 0.846. The summed E-state index contributed by atoms with van der Waals surface area (Å²) in [5.41, 5.74) is 1.20. The fourth-order valence-electron chi connectivity index (χ4n) is 2.80. The van der Waals surface area contributed by atoms with Crippen molar-refractivity contribution in [1.82, 2.24) is 10.3 Å². The lowest BCUT2D eigenvalue weighted by Gasteiger charge is -2.34. The van der Waals surface area contributed by atoms with Crippen molar-refractivity contribution in [3.05, 3.63) is 10.6 Å². The molecule has 3 heterocycles. The van der Waals surface area contributed by atoms with Crippen LogP contribution in [0.3, 0.4) is 0 Å². The van der Waals surface area contributed by atoms with E-state index < -0.39 is 0 Å². The Labute approximate surface area is 101 Å². The van der Waals surface area contributed by atoms with Gasteiger partial charge < -0.3 is 10.2 Å². The predicted octanol–water partition coefficient (Wildman–Crippen LogP) is 1.81. The molecular formula is C12H19N3S. The van der Waals surface area contributed by atoms with Crippen molar-refractivity contribution < 1.29 is 0 Å². The molecule has 16 heavy (non-hydrogen) atoms. The maximum Gasteiger partial charge on any atom is 0.185 e. The smallest absolute Gasteiger partial charge is 0.185 e. The van der Waals surface area contributed by atoms with E-state index in [1.807, 2.05) is 11.3 Å². The van der Waals surface area contributed by atoms with Crippen molar-refractivity contribution in [2.45, 2.75) is 20.3 Å². The van der Waals surface area contributed by atoms with Crippen LogP contribution in [-0.2, 0) is 0 Å². The van der Waals surface area contributed by atoms with Crippen LogP contribution in [0.25, 0.3) is 0 Å². The first-order valence-electron chi connectivity index (χ1n) is 6.13. The second-order valence-corrected chi connectivity index (χ2v) is 6.23. The molecule has 1 aromatic rings. The summed E-state index contributed by atoms with van der Waals surface area (Å²) in [6.45, 7) is 9.10. The number of aromatic nitrogens is 1. The topological polar surface area (TPSA) is 28.2 Å². The third-order valence-electron chi connectivity index (χ3n) is 3.99. The van der Waals surface area contributed by atoms with Gasteiger partial charge in [-0.25, -0.2) is 4.98 Å². The molecule has 0 aliphatic carbocycles. The van der Waals surface area contributed by atoms with Gasteiger partial charge >= 0.3 is 0 Å². The third-order valence-corrected chi connectivity index (χ3v) is 5.13. The van der Waals surface area contributed by atoms with E-state index in [1.165, 1.54) is 48.3 Å². The van der Waals surface area contributed by atoms with Gasteiger partial charge in [0.25, 0.3) is 0 Å². The van der Waals surface area contributed by atoms with Crippen LogP contribution in [0.4, 0.5) is 5.13 Å². The van der Waals surface area contributed by atoms with E-state index >= 15 is 0 Å². The van der Waals surface area contributed by atoms with Gasteiger partial charge in [-0.2, -0.15) is 0 Å². The zero-order valence-corrected chi connectivity index (χ0v) is 10.8. The van der Waals surface area contributed by atoms with Gasteiger partial charge in [-0.3, -0.25) is 0 Å². The molecule has 4 heteroatoms. The number of rotatable bonds is 1. The Bertz CT molecular complexity index is 368. The molecule has 1 N–H and O–H groups in total. The molecule has 88 valence electrons. The number of fused-ring (bicyclic) bond motifs is 1. The summed E-state index contributed by atoms with van der Waals surface area (Å²) in [6, 6.07) is 0. The number of hydrogen-bond donors (Lipinski definition) is 1. The average Bonchev–Trinajstić information content (AvgIpc) is 2.85. The summed E-state index contributed by atoms with van der Waals surface area (Å²) in [5, 5.41) is 4.75. The SMILES string of the molecule is Cc1nc(N2CCC3CNCC3C2)sc1C. The first-order valence-corrected chi connectivity index (χ1v) is 6.95. The number of thiazole rings is 1. The molecule has 1 aromatic heterocycles. The highest BCUT2D eigenvalue weighted by Crippen LogP contribution is 2.32. The summed E-state index contributed by atoms with van der Waals surface area (Å²) in [7, 11) is 0. The molecule has 2 unspecified atom stereocenters. The third kappa shape index (κ3) is 1.74. The zero-order valence-electron chi connectivity index (χ0n) is 9.99. The van der Waals surface area contributed by atoms with Crippen LogP contribution in [0.1, 0.15) is 17.0 Å². The molecule has 0 amide bonds. The van der Waals surface area contributed by atoms with Crippen LogP contribution in [0.5, 0.6) is 0 Å². The lowest BCUT2D eigenvalue weighted by molar-refractivity contribution is 0.348. The Morgan fingerprint density at radius 2 is 2.12 bits per heavy atom. The van der Waals surface area contributed by atoms with Crippen LogP contribution < -0.4 is 10.2 Å². The first-order chi connectivity index (χ1) is 7.74. The van der Waals surface area contributed by atoms with Gasteiger partial charge in [0.1, 0.15) is 0 Å². The van der Waals surface area contributed by atoms with E-state index in [1.54, 1.807) is 0 Å². The lowest BCUT2D eigenvalue weighted by atomic mass is 9.89. The molecule has 2 saturated heterocycles. The minimum Gasteiger partial charge on any atom is -0.348 e. The predicted molar refractivity (Wildman–Crippen MR) is 68.3 cm³/mol. The van der Waals surface area contributed by atoms with E-state index in [0.29, 0.717) is 0 Å². The highest BCUT2D eigenvalue weighted by atomic mass is 32.1. The number of hydrogen-bond acceptors (Lipinski definition) is 4. The van der Waals surface area contributed by atoms with Gasteiger partial charge in [-0.05, 0) is 45.2 Å².